The molecular formula is C22H16Cl3N3O3S. The number of ether oxygens (including phenoxy) is 1. The maximum absolute atomic E-state index is 12.3. The van der Waals surface area contributed by atoms with Gasteiger partial charge in [0.25, 0.3) is 11.8 Å². The molecule has 10 heteroatoms. The van der Waals surface area contributed by atoms with Crippen molar-refractivity contribution in [2.24, 2.45) is 0 Å². The molecule has 0 saturated carbocycles. The van der Waals surface area contributed by atoms with E-state index in [-0.39, 0.29) is 17.6 Å². The molecule has 0 fully saturated rings. The van der Waals surface area contributed by atoms with E-state index in [4.69, 9.17) is 51.8 Å². The summed E-state index contributed by atoms with van der Waals surface area (Å²) in [6, 6.07) is 18.1. The number of benzene rings is 3. The number of anilines is 2. The van der Waals surface area contributed by atoms with E-state index in [1.54, 1.807) is 60.7 Å². The van der Waals surface area contributed by atoms with Crippen LogP contribution >= 0.6 is 47.0 Å². The first-order valence-electron chi connectivity index (χ1n) is 9.16. The van der Waals surface area contributed by atoms with Crippen LogP contribution < -0.4 is 20.7 Å². The Labute approximate surface area is 204 Å². The number of amides is 2. The Kier molecular flexibility index (Phi) is 8.30. The molecule has 0 spiro atoms. The maximum atomic E-state index is 12.3. The summed E-state index contributed by atoms with van der Waals surface area (Å²) in [5, 5.41) is 9.50. The van der Waals surface area contributed by atoms with Crippen molar-refractivity contribution in [2.75, 3.05) is 17.2 Å². The van der Waals surface area contributed by atoms with Crippen LogP contribution in [0, 0.1) is 0 Å². The second-order valence-corrected chi connectivity index (χ2v) is 8.10. The Morgan fingerprint density at radius 3 is 2.16 bits per heavy atom. The largest absolute Gasteiger partial charge is 0.482 e. The minimum absolute atomic E-state index is 0.0940. The lowest BCUT2D eigenvalue weighted by Crippen LogP contribution is -2.37. The molecule has 164 valence electrons. The molecule has 0 aromatic heterocycles. The van der Waals surface area contributed by atoms with Crippen LogP contribution in [0.2, 0.25) is 15.1 Å². The molecule has 6 nitrogen and oxygen atoms in total. The van der Waals surface area contributed by atoms with Gasteiger partial charge in [0.15, 0.2) is 11.7 Å². The molecule has 3 N–H and O–H groups in total. The van der Waals surface area contributed by atoms with Crippen LogP contribution in [0.4, 0.5) is 11.4 Å². The van der Waals surface area contributed by atoms with Crippen LogP contribution in [0.3, 0.4) is 0 Å². The topological polar surface area (TPSA) is 79.5 Å². The van der Waals surface area contributed by atoms with Crippen molar-refractivity contribution in [1.29, 1.82) is 0 Å². The summed E-state index contributed by atoms with van der Waals surface area (Å²) in [7, 11) is 0. The van der Waals surface area contributed by atoms with Crippen LogP contribution in [-0.2, 0) is 4.79 Å². The number of rotatable bonds is 6. The second-order valence-electron chi connectivity index (χ2n) is 6.41. The predicted octanol–water partition coefficient (Wildman–Crippen LogP) is 5.79. The molecule has 0 heterocycles. The lowest BCUT2D eigenvalue weighted by molar-refractivity contribution is -0.121. The summed E-state index contributed by atoms with van der Waals surface area (Å²) in [5.74, 6) is -0.406. The van der Waals surface area contributed by atoms with E-state index in [0.717, 1.165) is 0 Å². The van der Waals surface area contributed by atoms with Crippen molar-refractivity contribution >= 4 is 75.3 Å². The quantitative estimate of drug-likeness (QED) is 0.367. The lowest BCUT2D eigenvalue weighted by Gasteiger charge is -2.12. The van der Waals surface area contributed by atoms with E-state index in [9.17, 15) is 9.59 Å². The van der Waals surface area contributed by atoms with Gasteiger partial charge < -0.3 is 15.4 Å². The maximum Gasteiger partial charge on any atom is 0.264 e. The Morgan fingerprint density at radius 2 is 1.50 bits per heavy atom. The van der Waals surface area contributed by atoms with Crippen LogP contribution in [0.15, 0.2) is 66.7 Å². The fourth-order valence-electron chi connectivity index (χ4n) is 2.53. The van der Waals surface area contributed by atoms with Crippen molar-refractivity contribution < 1.29 is 14.3 Å². The minimum atomic E-state index is -0.459. The zero-order chi connectivity index (χ0) is 23.1. The summed E-state index contributed by atoms with van der Waals surface area (Å²) in [6.07, 6.45) is 0. The third kappa shape index (κ3) is 7.10. The van der Waals surface area contributed by atoms with Gasteiger partial charge in [-0.3, -0.25) is 14.9 Å². The molecule has 0 aliphatic heterocycles. The standard InChI is InChI=1S/C22H16Cl3N3O3S/c23-14-3-1-2-13(10-14)21(30)26-16-5-7-17(8-6-16)27-22(32)28-20(29)12-31-19-9-4-15(24)11-18(19)25/h1-11H,12H2,(H,26,30)(H2,27,28,29,32). The fraction of sp³-hybridized carbons (Fsp3) is 0.0455. The lowest BCUT2D eigenvalue weighted by atomic mass is 10.2. The molecule has 0 aliphatic rings. The van der Waals surface area contributed by atoms with Crippen molar-refractivity contribution in [2.45, 2.75) is 0 Å². The zero-order valence-corrected chi connectivity index (χ0v) is 19.4. The van der Waals surface area contributed by atoms with E-state index in [1.807, 2.05) is 0 Å². The van der Waals surface area contributed by atoms with Crippen molar-refractivity contribution in [3.8, 4) is 5.75 Å². The first-order valence-corrected chi connectivity index (χ1v) is 10.7. The van der Waals surface area contributed by atoms with Gasteiger partial charge in [-0.15, -0.1) is 0 Å². The highest BCUT2D eigenvalue weighted by atomic mass is 35.5. The average Bonchev–Trinajstić information content (AvgIpc) is 2.74. The Balaban J connectivity index is 1.47. The molecule has 0 bridgehead atoms. The molecule has 32 heavy (non-hydrogen) atoms. The van der Waals surface area contributed by atoms with Crippen LogP contribution in [0.1, 0.15) is 10.4 Å². The predicted molar refractivity (Wildman–Crippen MR) is 132 cm³/mol. The van der Waals surface area contributed by atoms with Crippen LogP contribution in [-0.4, -0.2) is 23.5 Å². The number of thiocarbonyl (C=S) groups is 1. The van der Waals surface area contributed by atoms with Gasteiger partial charge in [-0.25, -0.2) is 0 Å². The van der Waals surface area contributed by atoms with Crippen LogP contribution in [0.25, 0.3) is 0 Å². The number of carbonyl (C=O) groups is 2. The molecule has 0 unspecified atom stereocenters. The monoisotopic (exact) mass is 507 g/mol. The molecule has 0 radical (unpaired) electrons. The molecule has 0 atom stereocenters. The highest BCUT2D eigenvalue weighted by Gasteiger charge is 2.10. The smallest absolute Gasteiger partial charge is 0.264 e. The normalized spacial score (nSPS) is 10.2. The van der Waals surface area contributed by atoms with Crippen LogP contribution in [0.5, 0.6) is 5.75 Å². The molecule has 3 aromatic carbocycles. The number of hydrogen-bond acceptors (Lipinski definition) is 4. The van der Waals surface area contributed by atoms with E-state index in [0.29, 0.717) is 37.8 Å². The van der Waals surface area contributed by atoms with E-state index >= 15 is 0 Å². The van der Waals surface area contributed by atoms with Crippen molar-refractivity contribution in [3.05, 3.63) is 87.4 Å². The molecule has 2 amide bonds. The second kappa shape index (κ2) is 11.2. The average molecular weight is 509 g/mol. The molecule has 3 rings (SSSR count). The SMILES string of the molecule is O=C(COc1ccc(Cl)cc1Cl)NC(=S)Nc1ccc(NC(=O)c2cccc(Cl)c2)cc1. The minimum Gasteiger partial charge on any atom is -0.482 e. The molecular weight excluding hydrogens is 493 g/mol. The van der Waals surface area contributed by atoms with Crippen molar-refractivity contribution in [1.82, 2.24) is 5.32 Å². The Bertz CT molecular complexity index is 1160. The summed E-state index contributed by atoms with van der Waals surface area (Å²) in [5.41, 5.74) is 1.66. The van der Waals surface area contributed by atoms with E-state index < -0.39 is 5.91 Å². The Morgan fingerprint density at radius 1 is 0.844 bits per heavy atom. The van der Waals surface area contributed by atoms with Gasteiger partial charge in [0, 0.05) is 27.0 Å². The fourth-order valence-corrected chi connectivity index (χ4v) is 3.42. The molecule has 0 saturated heterocycles. The molecule has 3 aromatic rings. The first kappa shape index (κ1) is 23.8. The van der Waals surface area contributed by atoms with E-state index in [2.05, 4.69) is 16.0 Å². The van der Waals surface area contributed by atoms with Crippen molar-refractivity contribution in [3.63, 3.8) is 0 Å². The summed E-state index contributed by atoms with van der Waals surface area (Å²) in [6.45, 7) is -0.280. The number of carbonyl (C=O) groups excluding carboxylic acids is 2. The van der Waals surface area contributed by atoms with Gasteiger partial charge >= 0.3 is 0 Å². The number of halogens is 3. The van der Waals surface area contributed by atoms with Gasteiger partial charge in [-0.2, -0.15) is 0 Å². The molecule has 0 aliphatic carbocycles. The first-order chi connectivity index (χ1) is 15.3. The van der Waals surface area contributed by atoms with Gasteiger partial charge in [0.05, 0.1) is 5.02 Å². The number of hydrogen-bond donors (Lipinski definition) is 3. The van der Waals surface area contributed by atoms with E-state index in [1.165, 1.54) is 6.07 Å². The summed E-state index contributed by atoms with van der Waals surface area (Å²) >= 11 is 22.9. The highest BCUT2D eigenvalue weighted by molar-refractivity contribution is 7.80. The third-order valence-electron chi connectivity index (χ3n) is 3.99. The van der Waals surface area contributed by atoms with Gasteiger partial charge in [0.2, 0.25) is 0 Å². The van der Waals surface area contributed by atoms with Gasteiger partial charge in [-0.1, -0.05) is 40.9 Å². The summed E-state index contributed by atoms with van der Waals surface area (Å²) < 4.78 is 5.36. The van der Waals surface area contributed by atoms with Gasteiger partial charge in [0.1, 0.15) is 5.75 Å². The number of nitrogens with one attached hydrogen (secondary N) is 3. The van der Waals surface area contributed by atoms with Gasteiger partial charge in [-0.05, 0) is 72.9 Å². The highest BCUT2D eigenvalue weighted by Crippen LogP contribution is 2.27. The third-order valence-corrected chi connectivity index (χ3v) is 4.96. The summed E-state index contributed by atoms with van der Waals surface area (Å²) in [4.78, 5) is 24.3. The Hall–Kier alpha value is -2.84. The zero-order valence-electron chi connectivity index (χ0n) is 16.3.